The van der Waals surface area contributed by atoms with E-state index in [0.717, 1.165) is 51.1 Å². The van der Waals surface area contributed by atoms with E-state index in [-0.39, 0.29) is 29.2 Å². The number of fused-ring (bicyclic) bond motifs is 1. The molecule has 1 aliphatic carbocycles. The smallest absolute Gasteiger partial charge is 0.417 e. The number of hydrogen-bond acceptors (Lipinski definition) is 4. The molecule has 2 aliphatic rings. The largest absolute Gasteiger partial charge is 0.493 e. The number of halogens is 4. The van der Waals surface area contributed by atoms with E-state index >= 15 is 0 Å². The number of unbranched alkanes of at least 4 members (excludes halogenated alkanes) is 1. The lowest BCUT2D eigenvalue weighted by molar-refractivity contribution is -0.137. The van der Waals surface area contributed by atoms with E-state index in [1.165, 1.54) is 17.7 Å². The Bertz CT molecular complexity index is 1180. The molecule has 2 aromatic rings. The topological polar surface area (TPSA) is 54.0 Å². The molecule has 4 rings (SSSR count). The minimum Gasteiger partial charge on any atom is -0.493 e. The van der Waals surface area contributed by atoms with Gasteiger partial charge in [-0.25, -0.2) is 4.79 Å². The molecule has 10 heteroatoms. The summed E-state index contributed by atoms with van der Waals surface area (Å²) >= 11 is 5.77. The fourth-order valence-corrected chi connectivity index (χ4v) is 6.55. The zero-order valence-electron chi connectivity index (χ0n) is 22.9. The fraction of sp³-hybridized carbons (Fsp3) is 0.552. The number of likely N-dealkylation sites (tertiary alicyclic amines) is 1. The lowest BCUT2D eigenvalue weighted by Crippen LogP contribution is -2.54. The molecule has 2 aromatic carbocycles. The number of anilines is 1. The molecular weight excluding hydrogens is 531 g/mol. The average molecular weight is 568 g/mol. The van der Waals surface area contributed by atoms with Crippen LogP contribution in [0, 0.1) is 0 Å². The van der Waals surface area contributed by atoms with Crippen LogP contribution in [0.25, 0.3) is 0 Å². The summed E-state index contributed by atoms with van der Waals surface area (Å²) in [4.78, 5) is 17.7. The number of benzene rings is 2. The van der Waals surface area contributed by atoms with Crippen molar-refractivity contribution in [3.63, 3.8) is 0 Å². The van der Waals surface area contributed by atoms with Crippen LogP contribution in [0.2, 0.25) is 5.02 Å². The van der Waals surface area contributed by atoms with Gasteiger partial charge < -0.3 is 24.6 Å². The summed E-state index contributed by atoms with van der Waals surface area (Å²) in [5.74, 6) is 1.39. The van der Waals surface area contributed by atoms with Crippen LogP contribution < -0.4 is 14.8 Å². The highest BCUT2D eigenvalue weighted by Crippen LogP contribution is 2.50. The van der Waals surface area contributed by atoms with E-state index in [4.69, 9.17) is 21.1 Å². The lowest BCUT2D eigenvalue weighted by Gasteiger charge is -2.47. The van der Waals surface area contributed by atoms with E-state index in [2.05, 4.69) is 36.3 Å². The van der Waals surface area contributed by atoms with Crippen molar-refractivity contribution in [3.8, 4) is 11.5 Å². The number of urea groups is 1. The first-order chi connectivity index (χ1) is 18.5. The fourth-order valence-electron chi connectivity index (χ4n) is 6.32. The summed E-state index contributed by atoms with van der Waals surface area (Å²) in [6.45, 7) is 3.53. The molecule has 2 amide bonds. The van der Waals surface area contributed by atoms with Crippen molar-refractivity contribution in [2.45, 2.75) is 69.1 Å². The normalized spacial score (nSPS) is 23.3. The monoisotopic (exact) mass is 567 g/mol. The molecule has 1 heterocycles. The second kappa shape index (κ2) is 11.8. The van der Waals surface area contributed by atoms with Gasteiger partial charge in [0.1, 0.15) is 0 Å². The quantitative estimate of drug-likeness (QED) is 0.366. The maximum atomic E-state index is 13.5. The molecule has 0 radical (unpaired) electrons. The van der Waals surface area contributed by atoms with Gasteiger partial charge >= 0.3 is 12.2 Å². The number of likely N-dealkylation sites (N-methyl/N-ethyl adjacent to an activating group) is 1. The second-order valence-corrected chi connectivity index (χ2v) is 11.0. The van der Waals surface area contributed by atoms with Crippen molar-refractivity contribution in [1.29, 1.82) is 0 Å². The second-order valence-electron chi connectivity index (χ2n) is 10.6. The molecule has 3 unspecified atom stereocenters. The Kier molecular flexibility index (Phi) is 8.91. The summed E-state index contributed by atoms with van der Waals surface area (Å²) < 4.78 is 51.2. The number of methoxy groups -OCH3 is 2. The standard InChI is InChI=1S/C29H37ClF3N3O3/c1-5-6-14-36(27(37)34-20-8-9-23(30)22(17-20)29(31,32)33)21-11-12-28(13-15-35(2)26(28)18-21)19-7-10-24(38-3)25(16-19)39-4/h7-10,16-17,21,26H,5-6,11-15,18H2,1-4H3,(H,34,37). The molecule has 39 heavy (non-hydrogen) atoms. The molecule has 0 aromatic heterocycles. The molecule has 2 fully saturated rings. The number of ether oxygens (including phenoxy) is 2. The Hall–Kier alpha value is -2.65. The van der Waals surface area contributed by atoms with Crippen molar-refractivity contribution >= 4 is 23.3 Å². The van der Waals surface area contributed by atoms with Gasteiger partial charge in [-0.15, -0.1) is 0 Å². The first-order valence-corrected chi connectivity index (χ1v) is 13.8. The molecule has 0 bridgehead atoms. The minimum absolute atomic E-state index is 0.0373. The molecule has 3 atom stereocenters. The van der Waals surface area contributed by atoms with Crippen LogP contribution in [-0.2, 0) is 11.6 Å². The average Bonchev–Trinajstić information content (AvgIpc) is 3.25. The SMILES string of the molecule is CCCCN(C(=O)Nc1ccc(Cl)c(C(F)(F)F)c1)C1CCC2(c3ccc(OC)c(OC)c3)CCN(C)C2C1. The molecule has 6 nitrogen and oxygen atoms in total. The van der Waals surface area contributed by atoms with Crippen LogP contribution in [0.5, 0.6) is 11.5 Å². The number of rotatable bonds is 8. The van der Waals surface area contributed by atoms with E-state index in [9.17, 15) is 18.0 Å². The Morgan fingerprint density at radius 3 is 2.56 bits per heavy atom. The van der Waals surface area contributed by atoms with Crippen LogP contribution in [-0.4, -0.2) is 62.3 Å². The highest BCUT2D eigenvalue weighted by atomic mass is 35.5. The Labute approximate surface area is 233 Å². The summed E-state index contributed by atoms with van der Waals surface area (Å²) in [6.07, 6.45) is 0.554. The third kappa shape index (κ3) is 5.94. The predicted octanol–water partition coefficient (Wildman–Crippen LogP) is 7.20. The van der Waals surface area contributed by atoms with Crippen LogP contribution in [0.1, 0.15) is 56.6 Å². The number of hydrogen-bond donors (Lipinski definition) is 1. The van der Waals surface area contributed by atoms with Gasteiger partial charge in [0.05, 0.1) is 24.8 Å². The summed E-state index contributed by atoms with van der Waals surface area (Å²) in [6, 6.07) is 9.40. The van der Waals surface area contributed by atoms with Crippen molar-refractivity contribution in [1.82, 2.24) is 9.80 Å². The summed E-state index contributed by atoms with van der Waals surface area (Å²) in [7, 11) is 5.38. The first kappa shape index (κ1) is 29.3. The van der Waals surface area contributed by atoms with E-state index in [1.54, 1.807) is 14.2 Å². The Balaban J connectivity index is 1.58. The maximum Gasteiger partial charge on any atom is 0.417 e. The van der Waals surface area contributed by atoms with E-state index in [1.807, 2.05) is 11.0 Å². The van der Waals surface area contributed by atoms with Gasteiger partial charge in [0.15, 0.2) is 11.5 Å². The van der Waals surface area contributed by atoms with E-state index < -0.39 is 16.8 Å². The molecule has 1 aliphatic heterocycles. The number of nitrogens with one attached hydrogen (secondary N) is 1. The first-order valence-electron chi connectivity index (χ1n) is 13.4. The van der Waals surface area contributed by atoms with Crippen molar-refractivity contribution < 1.29 is 27.4 Å². The zero-order valence-corrected chi connectivity index (χ0v) is 23.7. The summed E-state index contributed by atoms with van der Waals surface area (Å²) in [5, 5.41) is 2.32. The molecule has 0 spiro atoms. The van der Waals surface area contributed by atoms with Crippen LogP contribution >= 0.6 is 11.6 Å². The number of alkyl halides is 3. The van der Waals surface area contributed by atoms with Gasteiger partial charge in [0.25, 0.3) is 0 Å². The molecular formula is C29H37ClF3N3O3. The Morgan fingerprint density at radius 2 is 1.90 bits per heavy atom. The molecule has 1 saturated carbocycles. The van der Waals surface area contributed by atoms with Gasteiger partial charge in [-0.3, -0.25) is 0 Å². The number of carbonyl (C=O) groups is 1. The van der Waals surface area contributed by atoms with Gasteiger partial charge in [-0.2, -0.15) is 13.2 Å². The summed E-state index contributed by atoms with van der Waals surface area (Å²) in [5.41, 5.74) is 0.243. The predicted molar refractivity (Wildman–Crippen MR) is 147 cm³/mol. The lowest BCUT2D eigenvalue weighted by atomic mass is 9.64. The van der Waals surface area contributed by atoms with E-state index in [0.29, 0.717) is 18.0 Å². The third-order valence-electron chi connectivity index (χ3n) is 8.44. The number of amides is 2. The number of carbonyl (C=O) groups excluding carboxylic acids is 1. The maximum absolute atomic E-state index is 13.5. The van der Waals surface area contributed by atoms with Crippen molar-refractivity contribution in [2.75, 3.05) is 39.7 Å². The zero-order chi connectivity index (χ0) is 28.4. The number of nitrogens with zero attached hydrogens (tertiary/aromatic N) is 2. The molecule has 1 saturated heterocycles. The highest BCUT2D eigenvalue weighted by Gasteiger charge is 2.51. The molecule has 214 valence electrons. The highest BCUT2D eigenvalue weighted by molar-refractivity contribution is 6.31. The van der Waals surface area contributed by atoms with Gasteiger partial charge in [-0.1, -0.05) is 31.0 Å². The molecule has 1 N–H and O–H groups in total. The van der Waals surface area contributed by atoms with Gasteiger partial charge in [0, 0.05) is 29.7 Å². The minimum atomic E-state index is -4.61. The van der Waals surface area contributed by atoms with Crippen molar-refractivity contribution in [2.24, 2.45) is 0 Å². The van der Waals surface area contributed by atoms with Gasteiger partial charge in [0.2, 0.25) is 0 Å². The van der Waals surface area contributed by atoms with Crippen molar-refractivity contribution in [3.05, 3.63) is 52.5 Å². The van der Waals surface area contributed by atoms with Crippen LogP contribution in [0.4, 0.5) is 23.7 Å². The third-order valence-corrected chi connectivity index (χ3v) is 8.76. The van der Waals surface area contributed by atoms with Crippen LogP contribution in [0.3, 0.4) is 0 Å². The van der Waals surface area contributed by atoms with Gasteiger partial charge in [-0.05, 0) is 81.6 Å². The Morgan fingerprint density at radius 1 is 1.15 bits per heavy atom. The van der Waals surface area contributed by atoms with Crippen LogP contribution in [0.15, 0.2) is 36.4 Å².